The zero-order chi connectivity index (χ0) is 23.5. The highest BCUT2D eigenvalue weighted by Gasteiger charge is 2.20. The van der Waals surface area contributed by atoms with E-state index in [1.807, 2.05) is 27.7 Å². The van der Waals surface area contributed by atoms with E-state index in [4.69, 9.17) is 0 Å². The minimum absolute atomic E-state index is 0.0276. The van der Waals surface area contributed by atoms with Crippen molar-refractivity contribution in [3.05, 3.63) is 64.5 Å². The van der Waals surface area contributed by atoms with E-state index in [-0.39, 0.29) is 29.2 Å². The first-order valence-electron chi connectivity index (χ1n) is 10.5. The van der Waals surface area contributed by atoms with Gasteiger partial charge in [-0.05, 0) is 72.2 Å². The van der Waals surface area contributed by atoms with Gasteiger partial charge in [0.05, 0.1) is 12.0 Å². The van der Waals surface area contributed by atoms with E-state index in [2.05, 4.69) is 4.36 Å². The average molecular weight is 446 g/mol. The lowest BCUT2D eigenvalue weighted by molar-refractivity contribution is -0.117. The highest BCUT2D eigenvalue weighted by atomic mass is 32.2. The number of hydrogen-bond acceptors (Lipinski definition) is 3. The van der Waals surface area contributed by atoms with Gasteiger partial charge in [-0.25, -0.2) is 4.39 Å². The van der Waals surface area contributed by atoms with Crippen LogP contribution in [0.2, 0.25) is 0 Å². The van der Waals surface area contributed by atoms with Gasteiger partial charge >= 0.3 is 0 Å². The smallest absolute Gasteiger partial charge is 0.256 e. The van der Waals surface area contributed by atoms with E-state index in [0.717, 1.165) is 16.7 Å². The van der Waals surface area contributed by atoms with E-state index in [1.54, 1.807) is 38.1 Å². The van der Waals surface area contributed by atoms with E-state index < -0.39 is 22.2 Å². The highest BCUT2D eigenvalue weighted by Crippen LogP contribution is 2.30. The molecular weight excluding hydrogens is 413 g/mol. The van der Waals surface area contributed by atoms with Crippen LogP contribution in [-0.4, -0.2) is 16.1 Å². The van der Waals surface area contributed by atoms with Gasteiger partial charge < -0.3 is 5.11 Å². The highest BCUT2D eigenvalue weighted by molar-refractivity contribution is 8.02. The summed E-state index contributed by atoms with van der Waals surface area (Å²) in [6.07, 6.45) is 0.0276. The second-order valence-electron chi connectivity index (χ2n) is 8.89. The van der Waals surface area contributed by atoms with Crippen LogP contribution >= 0.6 is 0 Å². The third kappa shape index (κ3) is 6.40. The maximum atomic E-state index is 14.2. The third-order valence-electron chi connectivity index (χ3n) is 5.11. The first-order chi connectivity index (χ1) is 14.3. The van der Waals surface area contributed by atoms with E-state index >= 15 is 0 Å². The molecule has 1 N–H and O–H groups in total. The lowest BCUT2D eigenvalue weighted by Gasteiger charge is -2.19. The Labute approximate surface area is 187 Å². The Morgan fingerprint density at radius 3 is 1.90 bits per heavy atom. The Hall–Kier alpha value is -2.18. The van der Waals surface area contributed by atoms with Crippen molar-refractivity contribution in [1.29, 1.82) is 0 Å². The molecule has 31 heavy (non-hydrogen) atoms. The minimum atomic E-state index is -1.24. The molecular formula is C25H32FNO3S. The van der Waals surface area contributed by atoms with Gasteiger partial charge in [0.15, 0.2) is 0 Å². The predicted octanol–water partition coefficient (Wildman–Crippen LogP) is 5.78. The zero-order valence-electron chi connectivity index (χ0n) is 19.3. The largest absolute Gasteiger partial charge is 0.386 e. The third-order valence-corrected chi connectivity index (χ3v) is 6.75. The van der Waals surface area contributed by atoms with E-state index in [0.29, 0.717) is 10.5 Å². The molecule has 1 amide bonds. The van der Waals surface area contributed by atoms with Crippen molar-refractivity contribution in [2.45, 2.75) is 77.2 Å². The number of rotatable bonds is 6. The summed E-state index contributed by atoms with van der Waals surface area (Å²) in [4.78, 5) is 25.8. The van der Waals surface area contributed by atoms with Crippen LogP contribution in [0.1, 0.15) is 82.6 Å². The summed E-state index contributed by atoms with van der Waals surface area (Å²) < 4.78 is 18.4. The number of aliphatic hydroxyl groups is 1. The molecule has 0 aliphatic rings. The second kappa shape index (κ2) is 9.96. The topological polar surface area (TPSA) is 66.7 Å². The normalized spacial score (nSPS) is 13.1. The van der Waals surface area contributed by atoms with Crippen molar-refractivity contribution in [2.75, 3.05) is 0 Å². The molecule has 0 aliphatic carbocycles. The van der Waals surface area contributed by atoms with Crippen molar-refractivity contribution >= 4 is 21.7 Å². The molecule has 1 unspecified atom stereocenters. The van der Waals surface area contributed by atoms with Gasteiger partial charge in [0.1, 0.15) is 5.82 Å². The predicted molar refractivity (Wildman–Crippen MR) is 124 cm³/mol. The molecule has 0 saturated heterocycles. The molecule has 0 fully saturated rings. The van der Waals surface area contributed by atoms with Crippen LogP contribution in [0.25, 0.3) is 0 Å². The number of amides is 1. The molecule has 0 bridgehead atoms. The molecule has 4 nitrogen and oxygen atoms in total. The van der Waals surface area contributed by atoms with Gasteiger partial charge in [0.2, 0.25) is 5.12 Å². The van der Waals surface area contributed by atoms with Crippen LogP contribution in [0.4, 0.5) is 4.39 Å². The summed E-state index contributed by atoms with van der Waals surface area (Å²) >= 11 is 0. The van der Waals surface area contributed by atoms with Crippen LogP contribution in [0.3, 0.4) is 0 Å². The Balaban J connectivity index is 2.45. The molecule has 2 rings (SSSR count). The monoisotopic (exact) mass is 445 g/mol. The fourth-order valence-electron chi connectivity index (χ4n) is 3.47. The van der Waals surface area contributed by atoms with Crippen molar-refractivity contribution in [2.24, 2.45) is 4.36 Å². The first kappa shape index (κ1) is 25.1. The summed E-state index contributed by atoms with van der Waals surface area (Å²) in [5.41, 5.74) is 2.10. The summed E-state index contributed by atoms with van der Waals surface area (Å²) in [6, 6.07) is 9.91. The number of hydrogen-bond donors (Lipinski definition) is 1. The summed E-state index contributed by atoms with van der Waals surface area (Å²) in [5, 5.41) is 9.92. The molecule has 0 aromatic heterocycles. The number of carbonyl (C=O) groups is 2. The molecule has 168 valence electrons. The number of carbonyl (C=O) groups excluding carboxylic acids is 2. The van der Waals surface area contributed by atoms with Crippen LogP contribution in [0, 0.1) is 5.82 Å². The first-order valence-corrected chi connectivity index (χ1v) is 11.6. The van der Waals surface area contributed by atoms with Gasteiger partial charge in [0.25, 0.3) is 5.91 Å². The SMILES string of the molecule is CC(=O)S(=NC(=O)Cc1c(C(C)C)cc(F)cc1C(C)C)c1ccc(C(C)(C)O)cc1. The van der Waals surface area contributed by atoms with Gasteiger partial charge in [0, 0.05) is 22.5 Å². The lowest BCUT2D eigenvalue weighted by atomic mass is 9.87. The Kier molecular flexibility index (Phi) is 8.06. The van der Waals surface area contributed by atoms with Crippen molar-refractivity contribution < 1.29 is 19.1 Å². The fraction of sp³-hybridized carbons (Fsp3) is 0.440. The Bertz CT molecular complexity index is 973. The van der Waals surface area contributed by atoms with Gasteiger partial charge in [-0.3, -0.25) is 9.59 Å². The van der Waals surface area contributed by atoms with Crippen LogP contribution < -0.4 is 0 Å². The molecule has 0 aliphatic heterocycles. The molecule has 0 heterocycles. The molecule has 2 aromatic carbocycles. The maximum Gasteiger partial charge on any atom is 0.256 e. The molecule has 0 radical (unpaired) electrons. The molecule has 1 atom stereocenters. The number of halogens is 1. The second-order valence-corrected chi connectivity index (χ2v) is 10.7. The van der Waals surface area contributed by atoms with Crippen molar-refractivity contribution in [1.82, 2.24) is 0 Å². The Morgan fingerprint density at radius 2 is 1.52 bits per heavy atom. The fourth-order valence-corrected chi connectivity index (χ4v) is 4.70. The standard InChI is InChI=1S/C25H32FNO3S/c1-15(2)21-12-19(26)13-22(16(3)4)23(21)14-24(29)27-31(17(5)28)20-10-8-18(9-11-20)25(6,7)30/h8-13,15-16,30H,14H2,1-7H3. The zero-order valence-corrected chi connectivity index (χ0v) is 20.1. The molecule has 2 aromatic rings. The van der Waals surface area contributed by atoms with Crippen LogP contribution in [0.5, 0.6) is 0 Å². The maximum absolute atomic E-state index is 14.2. The van der Waals surface area contributed by atoms with Gasteiger partial charge in [-0.15, -0.1) is 0 Å². The van der Waals surface area contributed by atoms with Crippen molar-refractivity contribution in [3.63, 3.8) is 0 Å². The molecule has 0 saturated carbocycles. The average Bonchev–Trinajstić information content (AvgIpc) is 2.66. The lowest BCUT2D eigenvalue weighted by Crippen LogP contribution is -2.15. The van der Waals surface area contributed by atoms with Gasteiger partial charge in [-0.2, -0.15) is 4.36 Å². The van der Waals surface area contributed by atoms with Gasteiger partial charge in [-0.1, -0.05) is 39.8 Å². The number of benzene rings is 2. The molecule has 6 heteroatoms. The summed E-state index contributed by atoms with van der Waals surface area (Å²) in [7, 11) is -1.24. The van der Waals surface area contributed by atoms with E-state index in [9.17, 15) is 19.1 Å². The number of nitrogens with zero attached hydrogens (tertiary/aromatic N) is 1. The van der Waals surface area contributed by atoms with Crippen molar-refractivity contribution in [3.8, 4) is 0 Å². The quantitative estimate of drug-likeness (QED) is 0.613. The minimum Gasteiger partial charge on any atom is -0.386 e. The van der Waals surface area contributed by atoms with Crippen LogP contribution in [0.15, 0.2) is 45.7 Å². The van der Waals surface area contributed by atoms with Crippen LogP contribution in [-0.2, 0) is 32.3 Å². The van der Waals surface area contributed by atoms with E-state index in [1.165, 1.54) is 19.1 Å². The Morgan fingerprint density at radius 1 is 1.03 bits per heavy atom. The summed E-state index contributed by atoms with van der Waals surface area (Å²) in [6.45, 7) is 12.6. The summed E-state index contributed by atoms with van der Waals surface area (Å²) in [5.74, 6) is -0.607. The molecule has 0 spiro atoms.